The number of hydrogen-bond donors (Lipinski definition) is 0. The number of fused-ring (bicyclic) bond motifs is 1. The van der Waals surface area contributed by atoms with E-state index in [1.165, 1.54) is 30.4 Å². The summed E-state index contributed by atoms with van der Waals surface area (Å²) in [6, 6.07) is 12.7. The van der Waals surface area contributed by atoms with E-state index in [2.05, 4.69) is 17.0 Å². The SMILES string of the molecule is O=C(c1ccc(-c2nc3ccccc3s2)s1)N(CC1CC1)C1CC1. The van der Waals surface area contributed by atoms with Crippen molar-refractivity contribution in [1.29, 1.82) is 0 Å². The molecule has 0 N–H and O–H groups in total. The van der Waals surface area contributed by atoms with Gasteiger partial charge in [-0.3, -0.25) is 4.79 Å². The third-order valence-electron chi connectivity index (χ3n) is 4.72. The molecule has 0 atom stereocenters. The Morgan fingerprint density at radius 1 is 1.08 bits per heavy atom. The largest absolute Gasteiger partial charge is 0.335 e. The molecule has 5 heteroatoms. The van der Waals surface area contributed by atoms with E-state index in [9.17, 15) is 4.79 Å². The highest BCUT2D eigenvalue weighted by molar-refractivity contribution is 7.26. The predicted octanol–water partition coefficient (Wildman–Crippen LogP) is 5.04. The number of para-hydroxylation sites is 1. The van der Waals surface area contributed by atoms with Gasteiger partial charge in [0.15, 0.2) is 0 Å². The lowest BCUT2D eigenvalue weighted by atomic mass is 10.3. The molecule has 1 amide bonds. The second-order valence-electron chi connectivity index (χ2n) is 6.78. The summed E-state index contributed by atoms with van der Waals surface area (Å²) in [6.07, 6.45) is 4.93. The van der Waals surface area contributed by atoms with Gasteiger partial charge in [0, 0.05) is 12.6 Å². The van der Waals surface area contributed by atoms with Gasteiger partial charge in [-0.2, -0.15) is 0 Å². The van der Waals surface area contributed by atoms with Crippen molar-refractivity contribution in [2.75, 3.05) is 6.54 Å². The molecule has 2 aliphatic carbocycles. The van der Waals surface area contributed by atoms with E-state index >= 15 is 0 Å². The first-order valence-corrected chi connectivity index (χ1v) is 10.2. The Balaban J connectivity index is 1.42. The first-order valence-electron chi connectivity index (χ1n) is 8.55. The fourth-order valence-electron chi connectivity index (χ4n) is 3.05. The molecule has 3 aromatic rings. The average molecular weight is 355 g/mol. The van der Waals surface area contributed by atoms with Gasteiger partial charge in [-0.25, -0.2) is 4.98 Å². The zero-order chi connectivity index (χ0) is 16.1. The summed E-state index contributed by atoms with van der Waals surface area (Å²) in [5.74, 6) is 0.972. The Hall–Kier alpha value is -1.72. The molecule has 2 saturated carbocycles. The van der Waals surface area contributed by atoms with Crippen molar-refractivity contribution in [2.45, 2.75) is 31.7 Å². The molecule has 2 aliphatic rings. The van der Waals surface area contributed by atoms with Crippen molar-refractivity contribution in [2.24, 2.45) is 5.92 Å². The Kier molecular flexibility index (Phi) is 3.45. The van der Waals surface area contributed by atoms with Crippen LogP contribution < -0.4 is 0 Å². The minimum absolute atomic E-state index is 0.224. The van der Waals surface area contributed by atoms with Gasteiger partial charge in [-0.1, -0.05) is 12.1 Å². The van der Waals surface area contributed by atoms with Crippen LogP contribution in [-0.4, -0.2) is 28.4 Å². The lowest BCUT2D eigenvalue weighted by Gasteiger charge is -2.21. The van der Waals surface area contributed by atoms with Crippen LogP contribution in [0.4, 0.5) is 0 Å². The number of benzene rings is 1. The molecule has 24 heavy (non-hydrogen) atoms. The van der Waals surface area contributed by atoms with Gasteiger partial charge in [-0.05, 0) is 55.9 Å². The minimum Gasteiger partial charge on any atom is -0.335 e. The number of hydrogen-bond acceptors (Lipinski definition) is 4. The molecular formula is C19H18N2OS2. The quantitative estimate of drug-likeness (QED) is 0.643. The maximum Gasteiger partial charge on any atom is 0.264 e. The van der Waals surface area contributed by atoms with Crippen LogP contribution in [0.15, 0.2) is 36.4 Å². The fourth-order valence-corrected chi connectivity index (χ4v) is 5.03. The second-order valence-corrected chi connectivity index (χ2v) is 8.90. The zero-order valence-electron chi connectivity index (χ0n) is 13.3. The zero-order valence-corrected chi connectivity index (χ0v) is 14.9. The predicted molar refractivity (Wildman–Crippen MR) is 99.7 cm³/mol. The van der Waals surface area contributed by atoms with Crippen molar-refractivity contribution in [3.8, 4) is 9.88 Å². The van der Waals surface area contributed by atoms with Crippen LogP contribution in [0, 0.1) is 5.92 Å². The van der Waals surface area contributed by atoms with E-state index in [0.717, 1.165) is 32.7 Å². The Labute approximate surface area is 148 Å². The number of carbonyl (C=O) groups excluding carboxylic acids is 1. The number of carbonyl (C=O) groups is 1. The number of thiophene rings is 1. The summed E-state index contributed by atoms with van der Waals surface area (Å²) >= 11 is 3.28. The molecule has 0 radical (unpaired) electrons. The molecule has 0 spiro atoms. The van der Waals surface area contributed by atoms with Crippen LogP contribution in [0.25, 0.3) is 20.1 Å². The first-order chi connectivity index (χ1) is 11.8. The summed E-state index contributed by atoms with van der Waals surface area (Å²) in [4.78, 5) is 21.7. The maximum absolute atomic E-state index is 12.9. The van der Waals surface area contributed by atoms with Crippen LogP contribution >= 0.6 is 22.7 Å². The number of rotatable bonds is 5. The van der Waals surface area contributed by atoms with Gasteiger partial charge in [0.25, 0.3) is 5.91 Å². The van der Waals surface area contributed by atoms with Crippen molar-refractivity contribution in [3.05, 3.63) is 41.3 Å². The second kappa shape index (κ2) is 5.67. The Bertz CT molecular complexity index is 872. The molecule has 2 aromatic heterocycles. The molecule has 0 aliphatic heterocycles. The van der Waals surface area contributed by atoms with Gasteiger partial charge < -0.3 is 4.90 Å². The van der Waals surface area contributed by atoms with Gasteiger partial charge in [-0.15, -0.1) is 22.7 Å². The highest BCUT2D eigenvalue weighted by Gasteiger charge is 2.37. The summed E-state index contributed by atoms with van der Waals surface area (Å²) in [5.41, 5.74) is 1.03. The number of aromatic nitrogens is 1. The highest BCUT2D eigenvalue weighted by atomic mass is 32.1. The Morgan fingerprint density at radius 2 is 1.92 bits per heavy atom. The summed E-state index contributed by atoms with van der Waals surface area (Å²) in [5, 5.41) is 1.01. The monoisotopic (exact) mass is 354 g/mol. The third-order valence-corrected chi connectivity index (χ3v) is 7.00. The molecule has 0 unspecified atom stereocenters. The summed E-state index contributed by atoms with van der Waals surface area (Å²) < 4.78 is 1.20. The smallest absolute Gasteiger partial charge is 0.264 e. The van der Waals surface area contributed by atoms with Crippen LogP contribution in [0.1, 0.15) is 35.4 Å². The van der Waals surface area contributed by atoms with Crippen molar-refractivity contribution < 1.29 is 4.79 Å². The van der Waals surface area contributed by atoms with E-state index in [4.69, 9.17) is 4.98 Å². The van der Waals surface area contributed by atoms with Crippen LogP contribution in [0.3, 0.4) is 0 Å². The van der Waals surface area contributed by atoms with Gasteiger partial charge in [0.2, 0.25) is 0 Å². The number of nitrogens with zero attached hydrogens (tertiary/aromatic N) is 2. The third kappa shape index (κ3) is 2.76. The highest BCUT2D eigenvalue weighted by Crippen LogP contribution is 2.38. The van der Waals surface area contributed by atoms with E-state index in [0.29, 0.717) is 6.04 Å². The average Bonchev–Trinajstić information content (AvgIpc) is 3.50. The number of thiazole rings is 1. The number of amides is 1. The normalized spacial score (nSPS) is 17.3. The first kappa shape index (κ1) is 14.6. The maximum atomic E-state index is 12.9. The van der Waals surface area contributed by atoms with E-state index in [-0.39, 0.29) is 5.91 Å². The molecule has 122 valence electrons. The van der Waals surface area contributed by atoms with Crippen molar-refractivity contribution in [3.63, 3.8) is 0 Å². The summed E-state index contributed by atoms with van der Waals surface area (Å²) in [6.45, 7) is 0.956. The van der Waals surface area contributed by atoms with Gasteiger partial charge >= 0.3 is 0 Å². The van der Waals surface area contributed by atoms with Crippen LogP contribution in [-0.2, 0) is 0 Å². The van der Waals surface area contributed by atoms with Crippen molar-refractivity contribution >= 4 is 38.8 Å². The van der Waals surface area contributed by atoms with E-state index in [1.807, 2.05) is 24.3 Å². The lowest BCUT2D eigenvalue weighted by molar-refractivity contribution is 0.0739. The summed E-state index contributed by atoms with van der Waals surface area (Å²) in [7, 11) is 0. The molecule has 2 fully saturated rings. The van der Waals surface area contributed by atoms with Gasteiger partial charge in [0.05, 0.1) is 20.0 Å². The van der Waals surface area contributed by atoms with E-state index in [1.54, 1.807) is 22.7 Å². The van der Waals surface area contributed by atoms with E-state index < -0.39 is 0 Å². The van der Waals surface area contributed by atoms with Crippen LogP contribution in [0.2, 0.25) is 0 Å². The molecule has 3 nitrogen and oxygen atoms in total. The molecular weight excluding hydrogens is 336 g/mol. The van der Waals surface area contributed by atoms with Crippen LogP contribution in [0.5, 0.6) is 0 Å². The molecule has 2 heterocycles. The molecule has 5 rings (SSSR count). The molecule has 1 aromatic carbocycles. The van der Waals surface area contributed by atoms with Gasteiger partial charge in [0.1, 0.15) is 5.01 Å². The Morgan fingerprint density at radius 3 is 2.67 bits per heavy atom. The molecule has 0 bridgehead atoms. The topological polar surface area (TPSA) is 33.2 Å². The lowest BCUT2D eigenvalue weighted by Crippen LogP contribution is -2.34. The van der Waals surface area contributed by atoms with Crippen molar-refractivity contribution in [1.82, 2.24) is 9.88 Å². The fraction of sp³-hybridized carbons (Fsp3) is 0.368. The standard InChI is InChI=1S/C19H18N2OS2/c22-19(21(13-7-8-13)11-12-5-6-12)17-10-9-16(23-17)18-20-14-3-1-2-4-15(14)24-18/h1-4,9-10,12-13H,5-8,11H2. The minimum atomic E-state index is 0.224. The molecule has 0 saturated heterocycles.